The summed E-state index contributed by atoms with van der Waals surface area (Å²) in [5.41, 5.74) is 13.1. The highest BCUT2D eigenvalue weighted by atomic mass is 15.0. The minimum atomic E-state index is 0.451. The van der Waals surface area contributed by atoms with Crippen molar-refractivity contribution >= 4 is 51.5 Å². The standard InChI is InChI=1S/C55H45N5/c1-4-5-9-30-48(47-29-17-16-21-40(47)2)50(58-45-27-14-8-15-28-45)38-44-26-20-33-52-53(44)49-31-18-19-32-51(49)60(52)46-36-34-41(35-37-46)39-57-55(43-24-12-7-13-25-43)59-54(56-3)42-22-10-6-11-23-42/h1,6-37,58H,3,5,38-39H2,2H3/b30-9-,50-48-,57-55?,59-54?. The zero-order chi connectivity index (χ0) is 41.1. The number of aliphatic imine (C=N–C) groups is 3. The predicted octanol–water partition coefficient (Wildman–Crippen LogP) is 12.8. The van der Waals surface area contributed by atoms with E-state index >= 15 is 0 Å². The highest BCUT2D eigenvalue weighted by molar-refractivity contribution is 6.13. The van der Waals surface area contributed by atoms with Crippen molar-refractivity contribution in [3.05, 3.63) is 233 Å². The van der Waals surface area contributed by atoms with E-state index in [0.29, 0.717) is 31.1 Å². The second kappa shape index (κ2) is 18.6. The lowest BCUT2D eigenvalue weighted by molar-refractivity contribution is 1.05. The maximum atomic E-state index is 5.72. The Balaban J connectivity index is 1.19. The van der Waals surface area contributed by atoms with Gasteiger partial charge in [-0.2, -0.15) is 0 Å². The van der Waals surface area contributed by atoms with Gasteiger partial charge >= 0.3 is 0 Å². The van der Waals surface area contributed by atoms with Gasteiger partial charge in [0.25, 0.3) is 0 Å². The molecule has 1 N–H and O–H groups in total. The average Bonchev–Trinajstić information content (AvgIpc) is 3.64. The van der Waals surface area contributed by atoms with Crippen LogP contribution >= 0.6 is 0 Å². The molecule has 5 nitrogen and oxygen atoms in total. The second-order valence-corrected chi connectivity index (χ2v) is 14.5. The van der Waals surface area contributed by atoms with Gasteiger partial charge in [0.2, 0.25) is 0 Å². The van der Waals surface area contributed by atoms with Gasteiger partial charge in [0.05, 0.1) is 17.6 Å². The number of allylic oxidation sites excluding steroid dienone is 4. The van der Waals surface area contributed by atoms with Crippen LogP contribution in [0.3, 0.4) is 0 Å². The minimum Gasteiger partial charge on any atom is -0.358 e. The first-order chi connectivity index (χ1) is 29.6. The molecule has 0 aliphatic carbocycles. The molecule has 0 amide bonds. The van der Waals surface area contributed by atoms with Crippen molar-refractivity contribution in [3.8, 4) is 18.0 Å². The third-order valence-electron chi connectivity index (χ3n) is 10.5. The lowest BCUT2D eigenvalue weighted by atomic mass is 9.94. The van der Waals surface area contributed by atoms with Crippen molar-refractivity contribution in [2.75, 3.05) is 5.32 Å². The molecular formula is C55H45N5. The van der Waals surface area contributed by atoms with Crippen LogP contribution in [-0.2, 0) is 13.0 Å². The number of nitrogens with zero attached hydrogens (tertiary/aromatic N) is 4. The monoisotopic (exact) mass is 775 g/mol. The van der Waals surface area contributed by atoms with Gasteiger partial charge < -0.3 is 9.88 Å². The Hall–Kier alpha value is -7.81. The van der Waals surface area contributed by atoms with Gasteiger partial charge in [-0.05, 0) is 72.3 Å². The largest absolute Gasteiger partial charge is 0.358 e. The van der Waals surface area contributed by atoms with Crippen LogP contribution < -0.4 is 5.32 Å². The smallest absolute Gasteiger partial charge is 0.161 e. The summed E-state index contributed by atoms with van der Waals surface area (Å²) in [7, 11) is 0. The minimum absolute atomic E-state index is 0.451. The molecule has 7 aromatic carbocycles. The summed E-state index contributed by atoms with van der Waals surface area (Å²) in [6.07, 6.45) is 11.2. The number of hydrogen-bond donors (Lipinski definition) is 1. The van der Waals surface area contributed by atoms with E-state index < -0.39 is 0 Å². The molecule has 0 atom stereocenters. The summed E-state index contributed by atoms with van der Waals surface area (Å²) in [6.45, 7) is 6.41. The average molecular weight is 776 g/mol. The number of fused-ring (bicyclic) bond motifs is 3. The van der Waals surface area contributed by atoms with Gasteiger partial charge in [0.1, 0.15) is 0 Å². The van der Waals surface area contributed by atoms with Gasteiger partial charge in [-0.1, -0.05) is 158 Å². The summed E-state index contributed by atoms with van der Waals surface area (Å²) in [4.78, 5) is 14.2. The summed E-state index contributed by atoms with van der Waals surface area (Å²) >= 11 is 0. The molecule has 1 aromatic heterocycles. The third kappa shape index (κ3) is 8.69. The van der Waals surface area contributed by atoms with E-state index in [4.69, 9.17) is 16.4 Å². The molecule has 5 heteroatoms. The van der Waals surface area contributed by atoms with Crippen LogP contribution in [0, 0.1) is 19.3 Å². The van der Waals surface area contributed by atoms with Crippen molar-refractivity contribution in [2.24, 2.45) is 15.0 Å². The third-order valence-corrected chi connectivity index (χ3v) is 10.5. The number of anilines is 1. The van der Waals surface area contributed by atoms with Gasteiger partial charge in [0.15, 0.2) is 11.7 Å². The first-order valence-electron chi connectivity index (χ1n) is 20.1. The molecule has 8 rings (SSSR count). The Morgan fingerprint density at radius 1 is 0.683 bits per heavy atom. The van der Waals surface area contributed by atoms with Crippen LogP contribution in [0.2, 0.25) is 0 Å². The van der Waals surface area contributed by atoms with Crippen LogP contribution in [0.1, 0.15) is 39.8 Å². The number of amidine groups is 2. The first-order valence-corrected chi connectivity index (χ1v) is 20.1. The Morgan fingerprint density at radius 2 is 1.32 bits per heavy atom. The maximum Gasteiger partial charge on any atom is 0.161 e. The normalized spacial score (nSPS) is 12.4. The van der Waals surface area contributed by atoms with E-state index in [1.807, 2.05) is 66.7 Å². The number of hydrogen-bond acceptors (Lipinski definition) is 2. The number of aromatic nitrogens is 1. The highest BCUT2D eigenvalue weighted by Crippen LogP contribution is 2.36. The molecule has 0 spiro atoms. The second-order valence-electron chi connectivity index (χ2n) is 14.5. The lowest BCUT2D eigenvalue weighted by Crippen LogP contribution is -2.07. The number of rotatable bonds is 12. The molecular weight excluding hydrogens is 731 g/mol. The SMILES string of the molecule is C#CC/C=C\C(=C(/Cc1cccc2c1c1ccccc1n2-c1ccc(CN=C(N=C(N=C)c2ccccc2)c2ccccc2)cc1)Nc1ccccc1)c1ccccc1C. The summed E-state index contributed by atoms with van der Waals surface area (Å²) < 4.78 is 2.37. The number of terminal acetylenes is 1. The highest BCUT2D eigenvalue weighted by Gasteiger charge is 2.18. The van der Waals surface area contributed by atoms with Crippen LogP contribution in [-0.4, -0.2) is 23.0 Å². The number of benzene rings is 7. The summed E-state index contributed by atoms with van der Waals surface area (Å²) in [5, 5.41) is 6.26. The van der Waals surface area contributed by atoms with Gasteiger partial charge in [-0.15, -0.1) is 12.3 Å². The Bertz CT molecular complexity index is 2930. The Morgan fingerprint density at radius 3 is 2.02 bits per heavy atom. The van der Waals surface area contributed by atoms with Gasteiger partial charge in [0, 0.05) is 57.4 Å². The molecule has 60 heavy (non-hydrogen) atoms. The molecule has 0 fully saturated rings. The van der Waals surface area contributed by atoms with Crippen molar-refractivity contribution in [1.29, 1.82) is 0 Å². The van der Waals surface area contributed by atoms with Gasteiger partial charge in [-0.3, -0.25) is 4.99 Å². The van der Waals surface area contributed by atoms with E-state index in [1.165, 1.54) is 27.5 Å². The predicted molar refractivity (Wildman–Crippen MR) is 254 cm³/mol. The van der Waals surface area contributed by atoms with Crippen molar-refractivity contribution in [1.82, 2.24) is 4.57 Å². The fourth-order valence-electron chi connectivity index (χ4n) is 7.66. The van der Waals surface area contributed by atoms with E-state index in [-0.39, 0.29) is 0 Å². The zero-order valence-corrected chi connectivity index (χ0v) is 33.7. The molecule has 0 aliphatic heterocycles. The molecule has 0 bridgehead atoms. The van der Waals surface area contributed by atoms with Crippen LogP contribution in [0.5, 0.6) is 0 Å². The zero-order valence-electron chi connectivity index (χ0n) is 33.7. The van der Waals surface area contributed by atoms with E-state index in [0.717, 1.165) is 50.4 Å². The van der Waals surface area contributed by atoms with Crippen LogP contribution in [0.15, 0.2) is 215 Å². The van der Waals surface area contributed by atoms with Crippen LogP contribution in [0.25, 0.3) is 33.1 Å². The molecule has 0 saturated carbocycles. The molecule has 0 unspecified atom stereocenters. The van der Waals surface area contributed by atoms with E-state index in [1.54, 1.807) is 0 Å². The van der Waals surface area contributed by atoms with E-state index in [2.05, 4.69) is 162 Å². The quantitative estimate of drug-likeness (QED) is 0.0571. The number of nitrogens with one attached hydrogen (secondary N) is 1. The first kappa shape index (κ1) is 39.0. The molecule has 1 heterocycles. The molecule has 0 saturated heterocycles. The fourth-order valence-corrected chi connectivity index (χ4v) is 7.66. The Labute approximate surface area is 352 Å². The van der Waals surface area contributed by atoms with Crippen molar-refractivity contribution in [2.45, 2.75) is 26.3 Å². The molecule has 0 radical (unpaired) electrons. The summed E-state index contributed by atoms with van der Waals surface area (Å²) in [6, 6.07) is 62.8. The van der Waals surface area contributed by atoms with E-state index in [9.17, 15) is 0 Å². The Kier molecular flexibility index (Phi) is 12.1. The van der Waals surface area contributed by atoms with Gasteiger partial charge in [-0.25, -0.2) is 9.98 Å². The van der Waals surface area contributed by atoms with Crippen molar-refractivity contribution < 1.29 is 0 Å². The fraction of sp³-hybridized carbons (Fsp3) is 0.0727. The molecule has 8 aromatic rings. The lowest BCUT2D eigenvalue weighted by Gasteiger charge is -2.18. The summed E-state index contributed by atoms with van der Waals surface area (Å²) in [5.74, 6) is 3.91. The number of aryl methyl sites for hydroxylation is 1. The topological polar surface area (TPSA) is 54.0 Å². The van der Waals surface area contributed by atoms with Crippen LogP contribution in [0.4, 0.5) is 5.69 Å². The van der Waals surface area contributed by atoms with Crippen molar-refractivity contribution in [3.63, 3.8) is 0 Å². The maximum absolute atomic E-state index is 5.72. The molecule has 0 aliphatic rings. The molecule has 290 valence electrons. The number of para-hydroxylation sites is 2.